The van der Waals surface area contributed by atoms with Gasteiger partial charge in [-0.05, 0) is 6.92 Å². The Morgan fingerprint density at radius 2 is 1.95 bits per heavy atom. The van der Waals surface area contributed by atoms with Crippen molar-refractivity contribution in [1.82, 2.24) is 5.32 Å². The summed E-state index contributed by atoms with van der Waals surface area (Å²) in [4.78, 5) is 22.2. The number of amides is 1. The summed E-state index contributed by atoms with van der Waals surface area (Å²) in [5, 5.41) is 31.3. The molecule has 0 aromatic heterocycles. The first-order valence-electron chi connectivity index (χ1n) is 6.55. The van der Waals surface area contributed by atoms with Crippen molar-refractivity contribution in [3.63, 3.8) is 0 Å². The molecule has 0 aliphatic carbocycles. The summed E-state index contributed by atoms with van der Waals surface area (Å²) < 4.78 is 10.6. The second-order valence-corrected chi connectivity index (χ2v) is 4.98. The van der Waals surface area contributed by atoms with E-state index in [1.807, 2.05) is 0 Å². The fourth-order valence-electron chi connectivity index (χ4n) is 1.93. The molecule has 6 atom stereocenters. The molecule has 0 radical (unpaired) electrons. The zero-order chi connectivity index (χ0) is 16.2. The monoisotopic (exact) mass is 306 g/mol. The Kier molecular flexibility index (Phi) is 6.65. The molecule has 1 aliphatic heterocycles. The van der Waals surface area contributed by atoms with Gasteiger partial charge >= 0.3 is 0 Å². The minimum absolute atomic E-state index is 0.183. The van der Waals surface area contributed by atoms with Gasteiger partial charge in [-0.1, -0.05) is 0 Å². The van der Waals surface area contributed by atoms with Gasteiger partial charge in [0.25, 0.3) is 0 Å². The Bertz CT molecular complexity index is 379. The lowest BCUT2D eigenvalue weighted by Gasteiger charge is -2.42. The number of rotatable bonds is 6. The summed E-state index contributed by atoms with van der Waals surface area (Å²) in [5.41, 5.74) is 5.53. The van der Waals surface area contributed by atoms with Crippen LogP contribution in [-0.2, 0) is 19.1 Å². The number of carbonyl (C=O) groups excluding carboxylic acids is 2. The van der Waals surface area contributed by atoms with Crippen molar-refractivity contribution < 1.29 is 34.4 Å². The van der Waals surface area contributed by atoms with Crippen LogP contribution in [0.1, 0.15) is 13.8 Å². The fraction of sp³-hybridized carbons (Fsp3) is 0.833. The number of aliphatic hydroxyl groups is 3. The molecule has 122 valence electrons. The molecule has 4 unspecified atom stereocenters. The third-order valence-electron chi connectivity index (χ3n) is 3.21. The smallest absolute Gasteiger partial charge is 0.217 e. The lowest BCUT2D eigenvalue weighted by molar-refractivity contribution is -0.270. The highest BCUT2D eigenvalue weighted by atomic mass is 16.7. The van der Waals surface area contributed by atoms with E-state index >= 15 is 0 Å². The van der Waals surface area contributed by atoms with Crippen LogP contribution in [0.4, 0.5) is 0 Å². The topological polar surface area (TPSA) is 151 Å². The van der Waals surface area contributed by atoms with E-state index in [0.29, 0.717) is 0 Å². The largest absolute Gasteiger partial charge is 0.394 e. The molecule has 1 rings (SSSR count). The first-order chi connectivity index (χ1) is 9.77. The third kappa shape index (κ3) is 4.70. The van der Waals surface area contributed by atoms with E-state index in [1.54, 1.807) is 0 Å². The summed E-state index contributed by atoms with van der Waals surface area (Å²) in [6, 6.07) is -1.91. The van der Waals surface area contributed by atoms with Gasteiger partial charge in [0.05, 0.1) is 19.3 Å². The number of hydrogen-bond donors (Lipinski definition) is 5. The number of hydrogen-bond acceptors (Lipinski definition) is 8. The van der Waals surface area contributed by atoms with Crippen molar-refractivity contribution in [1.29, 1.82) is 0 Å². The van der Waals surface area contributed by atoms with Crippen LogP contribution in [-0.4, -0.2) is 76.9 Å². The molecule has 0 bridgehead atoms. The molecule has 1 heterocycles. The molecule has 0 saturated carbocycles. The minimum atomic E-state index is -1.39. The summed E-state index contributed by atoms with van der Waals surface area (Å²) in [6.07, 6.45) is -4.98. The summed E-state index contributed by atoms with van der Waals surface area (Å²) in [6.45, 7) is 1.81. The van der Waals surface area contributed by atoms with Crippen LogP contribution < -0.4 is 11.1 Å². The number of aliphatic hydroxyl groups excluding tert-OH is 3. The summed E-state index contributed by atoms with van der Waals surface area (Å²) >= 11 is 0. The van der Waals surface area contributed by atoms with E-state index in [1.165, 1.54) is 13.8 Å². The molecule has 0 aromatic carbocycles. The summed E-state index contributed by atoms with van der Waals surface area (Å²) in [5.74, 6) is -0.747. The highest BCUT2D eigenvalue weighted by Crippen LogP contribution is 2.22. The second-order valence-electron chi connectivity index (χ2n) is 4.98. The molecule has 0 spiro atoms. The van der Waals surface area contributed by atoms with E-state index in [4.69, 9.17) is 20.3 Å². The molecule has 1 saturated heterocycles. The Morgan fingerprint density at radius 1 is 1.33 bits per heavy atom. The molecule has 9 heteroatoms. The fourth-order valence-corrected chi connectivity index (χ4v) is 1.93. The molecular weight excluding hydrogens is 284 g/mol. The van der Waals surface area contributed by atoms with Crippen LogP contribution in [0.25, 0.3) is 0 Å². The maximum absolute atomic E-state index is 11.2. The molecule has 1 aliphatic rings. The van der Waals surface area contributed by atoms with Gasteiger partial charge in [0, 0.05) is 6.92 Å². The van der Waals surface area contributed by atoms with E-state index in [-0.39, 0.29) is 12.4 Å². The molecular formula is C12H22N2O7. The van der Waals surface area contributed by atoms with Crippen LogP contribution in [0.15, 0.2) is 0 Å². The first kappa shape index (κ1) is 18.0. The van der Waals surface area contributed by atoms with Gasteiger partial charge < -0.3 is 35.8 Å². The van der Waals surface area contributed by atoms with Crippen molar-refractivity contribution in [2.45, 2.75) is 50.5 Å². The van der Waals surface area contributed by atoms with Gasteiger partial charge in [-0.25, -0.2) is 0 Å². The van der Waals surface area contributed by atoms with E-state index in [9.17, 15) is 19.8 Å². The maximum atomic E-state index is 11.2. The quantitative estimate of drug-likeness (QED) is 0.345. The number of nitrogens with one attached hydrogen (secondary N) is 1. The molecule has 21 heavy (non-hydrogen) atoms. The van der Waals surface area contributed by atoms with Crippen LogP contribution in [0.5, 0.6) is 0 Å². The molecule has 1 fully saturated rings. The first-order valence-corrected chi connectivity index (χ1v) is 6.55. The van der Waals surface area contributed by atoms with Gasteiger partial charge in [0.15, 0.2) is 6.29 Å². The second kappa shape index (κ2) is 7.78. The summed E-state index contributed by atoms with van der Waals surface area (Å²) in [7, 11) is 0. The predicted molar refractivity (Wildman–Crippen MR) is 70.0 cm³/mol. The number of ether oxygens (including phenoxy) is 2. The van der Waals surface area contributed by atoms with Gasteiger partial charge in [-0.3, -0.25) is 9.59 Å². The van der Waals surface area contributed by atoms with Gasteiger partial charge in [0.1, 0.15) is 30.1 Å². The van der Waals surface area contributed by atoms with Crippen molar-refractivity contribution in [3.05, 3.63) is 0 Å². The number of Topliss-reactive ketones (excluding diaryl/α,β-unsaturated/α-hetero) is 1. The lowest BCUT2D eigenvalue weighted by atomic mass is 9.97. The van der Waals surface area contributed by atoms with Crippen molar-refractivity contribution >= 4 is 11.7 Å². The maximum Gasteiger partial charge on any atom is 0.217 e. The lowest BCUT2D eigenvalue weighted by Crippen LogP contribution is -2.64. The van der Waals surface area contributed by atoms with Crippen LogP contribution >= 0.6 is 0 Å². The molecule has 6 N–H and O–H groups in total. The van der Waals surface area contributed by atoms with Gasteiger partial charge in [0.2, 0.25) is 5.91 Å². The van der Waals surface area contributed by atoms with Crippen LogP contribution in [0, 0.1) is 0 Å². The SMILES string of the molecule is CC(=O)N[C@@H]1C(OC[C@H](N)C(C)=O)OC(CO)C(O)C1O. The highest BCUT2D eigenvalue weighted by molar-refractivity contribution is 5.81. The van der Waals surface area contributed by atoms with Crippen LogP contribution in [0.2, 0.25) is 0 Å². The Hall–Kier alpha value is -1.10. The highest BCUT2D eigenvalue weighted by Gasteiger charge is 2.45. The van der Waals surface area contributed by atoms with Gasteiger partial charge in [-0.15, -0.1) is 0 Å². The van der Waals surface area contributed by atoms with Gasteiger partial charge in [-0.2, -0.15) is 0 Å². The Balaban J connectivity index is 2.78. The Labute approximate surface area is 122 Å². The number of carbonyl (C=O) groups is 2. The predicted octanol–water partition coefficient (Wildman–Crippen LogP) is -3.14. The van der Waals surface area contributed by atoms with E-state index in [2.05, 4.69) is 5.32 Å². The zero-order valence-electron chi connectivity index (χ0n) is 11.9. The molecule has 9 nitrogen and oxygen atoms in total. The van der Waals surface area contributed by atoms with E-state index < -0.39 is 49.2 Å². The van der Waals surface area contributed by atoms with Crippen molar-refractivity contribution in [2.75, 3.05) is 13.2 Å². The third-order valence-corrected chi connectivity index (χ3v) is 3.21. The molecule has 1 amide bonds. The average Bonchev–Trinajstić information content (AvgIpc) is 2.42. The Morgan fingerprint density at radius 3 is 2.43 bits per heavy atom. The average molecular weight is 306 g/mol. The van der Waals surface area contributed by atoms with Crippen molar-refractivity contribution in [2.24, 2.45) is 5.73 Å². The number of nitrogens with two attached hydrogens (primary N) is 1. The number of ketones is 1. The van der Waals surface area contributed by atoms with Crippen LogP contribution in [0.3, 0.4) is 0 Å². The van der Waals surface area contributed by atoms with Crippen molar-refractivity contribution in [3.8, 4) is 0 Å². The van der Waals surface area contributed by atoms with E-state index in [0.717, 1.165) is 0 Å². The standard InChI is InChI=1S/C12H22N2O7/c1-5(16)7(13)4-20-12-9(14-6(2)17)11(19)10(18)8(3-15)21-12/h7-12,15,18-19H,3-4,13H2,1-2H3,(H,14,17)/t7-,8?,9-,10?,11?,12?/m0/s1. The normalized spacial score (nSPS) is 34.3. The minimum Gasteiger partial charge on any atom is -0.394 e. The zero-order valence-corrected chi connectivity index (χ0v) is 11.9. The molecule has 0 aromatic rings.